The van der Waals surface area contributed by atoms with Gasteiger partial charge in [-0.25, -0.2) is 4.79 Å². The normalized spacial score (nSPS) is 13.0. The number of amides is 1. The Balaban J connectivity index is 2.06. The highest BCUT2D eigenvalue weighted by molar-refractivity contribution is 5.85. The number of aliphatic carboxylic acids is 1. The van der Waals surface area contributed by atoms with Crippen LogP contribution in [-0.2, 0) is 16.1 Å². The molecule has 1 atom stereocenters. The molecule has 0 fully saturated rings. The van der Waals surface area contributed by atoms with E-state index in [9.17, 15) is 22.8 Å². The number of carbonyl (C=O) groups is 2. The molecule has 6 nitrogen and oxygen atoms in total. The molecule has 118 valence electrons. The average molecular weight is 315 g/mol. The van der Waals surface area contributed by atoms with E-state index in [1.807, 2.05) is 5.32 Å². The van der Waals surface area contributed by atoms with Gasteiger partial charge in [0.2, 0.25) is 5.91 Å². The Labute approximate surface area is 122 Å². The van der Waals surface area contributed by atoms with Gasteiger partial charge in [-0.15, -0.1) is 0 Å². The van der Waals surface area contributed by atoms with Gasteiger partial charge < -0.3 is 10.4 Å². The predicted molar refractivity (Wildman–Crippen MR) is 70.0 cm³/mol. The summed E-state index contributed by atoms with van der Waals surface area (Å²) in [5.41, 5.74) is 0.625. The van der Waals surface area contributed by atoms with Gasteiger partial charge in [-0.2, -0.15) is 18.3 Å². The lowest BCUT2D eigenvalue weighted by Crippen LogP contribution is -2.44. The molecular weight excluding hydrogens is 303 g/mol. The van der Waals surface area contributed by atoms with Gasteiger partial charge in [0.15, 0.2) is 0 Å². The van der Waals surface area contributed by atoms with Crippen molar-refractivity contribution in [1.29, 1.82) is 0 Å². The number of nitrogens with zero attached hydrogens (tertiary/aromatic N) is 2. The molecule has 9 heteroatoms. The van der Waals surface area contributed by atoms with E-state index in [0.29, 0.717) is 5.52 Å². The van der Waals surface area contributed by atoms with Gasteiger partial charge in [-0.1, -0.05) is 18.2 Å². The summed E-state index contributed by atoms with van der Waals surface area (Å²) in [7, 11) is 0. The first-order valence-electron chi connectivity index (χ1n) is 6.26. The smallest absolute Gasteiger partial charge is 0.391 e. The van der Waals surface area contributed by atoms with Crippen LogP contribution < -0.4 is 5.32 Å². The second kappa shape index (κ2) is 6.04. The molecule has 1 aromatic heterocycles. The summed E-state index contributed by atoms with van der Waals surface area (Å²) in [4.78, 5) is 22.5. The third-order valence-corrected chi connectivity index (χ3v) is 2.91. The van der Waals surface area contributed by atoms with Crippen molar-refractivity contribution in [2.45, 2.75) is 25.2 Å². The zero-order valence-corrected chi connectivity index (χ0v) is 11.2. The third-order valence-electron chi connectivity index (χ3n) is 2.91. The average Bonchev–Trinajstić information content (AvgIpc) is 2.80. The maximum atomic E-state index is 12.3. The number of fused-ring (bicyclic) bond motifs is 1. The quantitative estimate of drug-likeness (QED) is 0.877. The highest BCUT2D eigenvalue weighted by atomic mass is 19.4. The van der Waals surface area contributed by atoms with Crippen molar-refractivity contribution in [3.63, 3.8) is 0 Å². The number of carboxylic acids is 1. The summed E-state index contributed by atoms with van der Waals surface area (Å²) in [6.45, 7) is -0.366. The van der Waals surface area contributed by atoms with E-state index in [0.717, 1.165) is 5.39 Å². The second-order valence-electron chi connectivity index (χ2n) is 4.64. The molecule has 0 bridgehead atoms. The highest BCUT2D eigenvalue weighted by Crippen LogP contribution is 2.21. The van der Waals surface area contributed by atoms with E-state index in [1.165, 1.54) is 10.9 Å². The monoisotopic (exact) mass is 315 g/mol. The minimum Gasteiger partial charge on any atom is -0.480 e. The fraction of sp³-hybridized carbons (Fsp3) is 0.308. The maximum Gasteiger partial charge on any atom is 0.391 e. The highest BCUT2D eigenvalue weighted by Gasteiger charge is 2.36. The van der Waals surface area contributed by atoms with E-state index < -0.39 is 30.5 Å². The molecule has 2 aromatic rings. The van der Waals surface area contributed by atoms with Gasteiger partial charge in [0.25, 0.3) is 0 Å². The van der Waals surface area contributed by atoms with E-state index in [1.54, 1.807) is 24.3 Å². The van der Waals surface area contributed by atoms with Crippen molar-refractivity contribution >= 4 is 22.8 Å². The molecule has 0 aliphatic carbocycles. The maximum absolute atomic E-state index is 12.3. The van der Waals surface area contributed by atoms with Crippen molar-refractivity contribution in [3.05, 3.63) is 30.5 Å². The van der Waals surface area contributed by atoms with Gasteiger partial charge in [0.1, 0.15) is 12.6 Å². The minimum atomic E-state index is -4.69. The number of para-hydroxylation sites is 1. The lowest BCUT2D eigenvalue weighted by atomic mass is 10.2. The summed E-state index contributed by atoms with van der Waals surface area (Å²) >= 11 is 0. The topological polar surface area (TPSA) is 84.2 Å². The summed E-state index contributed by atoms with van der Waals surface area (Å²) in [6, 6.07) is 4.94. The molecule has 1 unspecified atom stereocenters. The Bertz CT molecular complexity index is 696. The Hall–Kier alpha value is -2.58. The molecule has 0 aliphatic rings. The zero-order valence-electron chi connectivity index (χ0n) is 11.2. The third kappa shape index (κ3) is 3.96. The Morgan fingerprint density at radius 1 is 1.32 bits per heavy atom. The summed E-state index contributed by atoms with van der Waals surface area (Å²) in [5, 5.41) is 15.3. The van der Waals surface area contributed by atoms with E-state index in [4.69, 9.17) is 5.11 Å². The fourth-order valence-electron chi connectivity index (χ4n) is 1.96. The molecule has 0 saturated heterocycles. The van der Waals surface area contributed by atoms with Gasteiger partial charge in [0.05, 0.1) is 18.1 Å². The van der Waals surface area contributed by atoms with Crippen LogP contribution in [0, 0.1) is 0 Å². The van der Waals surface area contributed by atoms with Crippen molar-refractivity contribution in [2.75, 3.05) is 0 Å². The molecule has 2 rings (SSSR count). The first-order valence-corrected chi connectivity index (χ1v) is 6.26. The largest absolute Gasteiger partial charge is 0.480 e. The number of alkyl halides is 3. The van der Waals surface area contributed by atoms with E-state index in [-0.39, 0.29) is 6.54 Å². The minimum absolute atomic E-state index is 0.366. The Morgan fingerprint density at radius 2 is 2.00 bits per heavy atom. The van der Waals surface area contributed by atoms with E-state index >= 15 is 0 Å². The molecule has 1 heterocycles. The van der Waals surface area contributed by atoms with Gasteiger partial charge in [-0.05, 0) is 6.07 Å². The van der Waals surface area contributed by atoms with Crippen molar-refractivity contribution < 1.29 is 27.9 Å². The summed E-state index contributed by atoms with van der Waals surface area (Å²) in [6.07, 6.45) is -4.81. The zero-order chi connectivity index (χ0) is 16.3. The SMILES string of the molecule is O=C(Cn1ncc2ccccc21)NC(CC(F)(F)F)C(=O)O. The number of nitrogens with one attached hydrogen (secondary N) is 1. The Kier molecular flexibility index (Phi) is 4.34. The van der Waals surface area contributed by atoms with Crippen molar-refractivity contribution in [2.24, 2.45) is 0 Å². The van der Waals surface area contributed by atoms with Crippen LogP contribution in [0.3, 0.4) is 0 Å². The molecule has 0 spiro atoms. The molecule has 0 saturated carbocycles. The molecule has 1 amide bonds. The van der Waals surface area contributed by atoms with Crippen LogP contribution in [0.4, 0.5) is 13.2 Å². The molecule has 0 radical (unpaired) electrons. The summed E-state index contributed by atoms with van der Waals surface area (Å²) in [5.74, 6) is -2.60. The van der Waals surface area contributed by atoms with Crippen LogP contribution in [0.1, 0.15) is 6.42 Å². The number of aromatic nitrogens is 2. The first-order chi connectivity index (χ1) is 10.3. The number of carbonyl (C=O) groups excluding carboxylic acids is 1. The lowest BCUT2D eigenvalue weighted by Gasteiger charge is -2.16. The standard InChI is InChI=1S/C13H12F3N3O3/c14-13(15,16)5-9(12(21)22)18-11(20)7-19-10-4-2-1-3-8(10)6-17-19/h1-4,6,9H,5,7H2,(H,18,20)(H,21,22). The van der Waals surface area contributed by atoms with Crippen LogP contribution in [0.5, 0.6) is 0 Å². The van der Waals surface area contributed by atoms with Gasteiger partial charge in [-0.3, -0.25) is 9.48 Å². The molecular formula is C13H12F3N3O3. The predicted octanol–water partition coefficient (Wildman–Crippen LogP) is 1.56. The second-order valence-corrected chi connectivity index (χ2v) is 4.64. The number of hydrogen-bond acceptors (Lipinski definition) is 3. The Morgan fingerprint density at radius 3 is 2.64 bits per heavy atom. The van der Waals surface area contributed by atoms with Gasteiger partial charge in [0, 0.05) is 5.39 Å². The molecule has 0 aliphatic heterocycles. The van der Waals surface area contributed by atoms with Crippen LogP contribution in [0.2, 0.25) is 0 Å². The van der Waals surface area contributed by atoms with Crippen LogP contribution >= 0.6 is 0 Å². The molecule has 22 heavy (non-hydrogen) atoms. The number of rotatable bonds is 5. The van der Waals surface area contributed by atoms with Crippen LogP contribution in [0.25, 0.3) is 10.9 Å². The van der Waals surface area contributed by atoms with E-state index in [2.05, 4.69) is 5.10 Å². The fourth-order valence-corrected chi connectivity index (χ4v) is 1.96. The summed E-state index contributed by atoms with van der Waals surface area (Å²) < 4.78 is 38.1. The molecule has 2 N–H and O–H groups in total. The first kappa shape index (κ1) is 15.8. The van der Waals surface area contributed by atoms with Gasteiger partial charge >= 0.3 is 12.1 Å². The number of hydrogen-bond donors (Lipinski definition) is 2. The number of halogens is 3. The number of carboxylic acid groups (broad SMARTS) is 1. The number of benzene rings is 1. The lowest BCUT2D eigenvalue weighted by molar-refractivity contribution is -0.160. The molecule has 1 aromatic carbocycles. The van der Waals surface area contributed by atoms with Crippen LogP contribution in [-0.4, -0.2) is 39.0 Å². The van der Waals surface area contributed by atoms with Crippen molar-refractivity contribution in [3.8, 4) is 0 Å². The van der Waals surface area contributed by atoms with Crippen molar-refractivity contribution in [1.82, 2.24) is 15.1 Å². The van der Waals surface area contributed by atoms with Crippen LogP contribution in [0.15, 0.2) is 30.5 Å².